The van der Waals surface area contributed by atoms with Gasteiger partial charge >= 0.3 is 0 Å². The zero-order chi connectivity index (χ0) is 16.9. The van der Waals surface area contributed by atoms with Gasteiger partial charge in [0.25, 0.3) is 0 Å². The third-order valence-electron chi connectivity index (χ3n) is 3.14. The van der Waals surface area contributed by atoms with Crippen LogP contribution in [0.1, 0.15) is 12.8 Å². The molecule has 0 saturated carbocycles. The van der Waals surface area contributed by atoms with Gasteiger partial charge in [-0.1, -0.05) is 47.5 Å². The van der Waals surface area contributed by atoms with Crippen molar-refractivity contribution in [2.45, 2.75) is 17.7 Å². The first-order valence-corrected chi connectivity index (χ1v) is 9.32. The number of benzene rings is 2. The highest BCUT2D eigenvalue weighted by molar-refractivity contribution is 7.91. The number of carbonyl (C=O) groups excluding carboxylic acids is 1. The largest absolute Gasteiger partial charge is 0.325 e. The van der Waals surface area contributed by atoms with Gasteiger partial charge in [0, 0.05) is 6.42 Å². The summed E-state index contributed by atoms with van der Waals surface area (Å²) in [4.78, 5) is 12.2. The number of nitrogens with one attached hydrogen (secondary N) is 1. The SMILES string of the molecule is O=C(CCCS(=O)(=O)c1ccccc1)Nc1cccc(Cl)c1Cl. The minimum Gasteiger partial charge on any atom is -0.325 e. The van der Waals surface area contributed by atoms with E-state index in [1.165, 1.54) is 0 Å². The summed E-state index contributed by atoms with van der Waals surface area (Å²) >= 11 is 11.8. The quantitative estimate of drug-likeness (QED) is 0.827. The molecule has 2 rings (SSSR count). The molecular formula is C16H15Cl2NO3S. The Labute approximate surface area is 145 Å². The van der Waals surface area contributed by atoms with Gasteiger partial charge in [0.1, 0.15) is 0 Å². The minimum absolute atomic E-state index is 0.0783. The highest BCUT2D eigenvalue weighted by Gasteiger charge is 2.15. The second-order valence-electron chi connectivity index (χ2n) is 4.89. The molecule has 0 bridgehead atoms. The lowest BCUT2D eigenvalue weighted by molar-refractivity contribution is -0.116. The Morgan fingerprint density at radius 2 is 1.70 bits per heavy atom. The Morgan fingerprint density at radius 1 is 1.00 bits per heavy atom. The maximum atomic E-state index is 12.1. The van der Waals surface area contributed by atoms with Gasteiger partial charge in [-0.2, -0.15) is 0 Å². The second kappa shape index (κ2) is 7.81. The van der Waals surface area contributed by atoms with E-state index < -0.39 is 9.84 Å². The van der Waals surface area contributed by atoms with Crippen LogP contribution in [0.2, 0.25) is 10.0 Å². The molecular weight excluding hydrogens is 357 g/mol. The van der Waals surface area contributed by atoms with Crippen LogP contribution in [0.5, 0.6) is 0 Å². The number of hydrogen-bond donors (Lipinski definition) is 1. The summed E-state index contributed by atoms with van der Waals surface area (Å²) in [5.41, 5.74) is 0.412. The van der Waals surface area contributed by atoms with E-state index in [1.807, 2.05) is 0 Å². The summed E-state index contributed by atoms with van der Waals surface area (Å²) in [6.07, 6.45) is 0.302. The third kappa shape index (κ3) is 4.96. The van der Waals surface area contributed by atoms with E-state index in [0.717, 1.165) is 0 Å². The van der Waals surface area contributed by atoms with E-state index in [4.69, 9.17) is 23.2 Å². The Hall–Kier alpha value is -1.56. The number of amides is 1. The topological polar surface area (TPSA) is 63.2 Å². The fourth-order valence-corrected chi connectivity index (χ4v) is 3.66. The fourth-order valence-electron chi connectivity index (χ4n) is 1.98. The van der Waals surface area contributed by atoms with Crippen LogP contribution >= 0.6 is 23.2 Å². The molecule has 0 radical (unpaired) electrons. The molecule has 0 aromatic heterocycles. The Morgan fingerprint density at radius 3 is 2.39 bits per heavy atom. The number of halogens is 2. The van der Waals surface area contributed by atoms with Crippen molar-refractivity contribution in [2.24, 2.45) is 0 Å². The third-order valence-corrected chi connectivity index (χ3v) is 5.78. The summed E-state index contributed by atoms with van der Waals surface area (Å²) in [5.74, 6) is -0.398. The number of carbonyl (C=O) groups is 1. The van der Waals surface area contributed by atoms with Crippen LogP contribution in [0.25, 0.3) is 0 Å². The first-order valence-electron chi connectivity index (χ1n) is 6.92. The van der Waals surface area contributed by atoms with Gasteiger partial charge < -0.3 is 5.32 Å². The van der Waals surface area contributed by atoms with Gasteiger partial charge in [-0.3, -0.25) is 4.79 Å². The zero-order valence-corrected chi connectivity index (χ0v) is 14.5. The van der Waals surface area contributed by atoms with Crippen molar-refractivity contribution in [3.05, 3.63) is 58.6 Å². The van der Waals surface area contributed by atoms with Gasteiger partial charge in [-0.05, 0) is 30.7 Å². The predicted octanol–water partition coefficient (Wildman–Crippen LogP) is 4.19. The summed E-state index contributed by atoms with van der Waals surface area (Å²) in [5, 5.41) is 3.23. The fraction of sp³-hybridized carbons (Fsp3) is 0.188. The number of sulfone groups is 1. The first kappa shape index (κ1) is 17.8. The van der Waals surface area contributed by atoms with Gasteiger partial charge in [0.15, 0.2) is 9.84 Å². The van der Waals surface area contributed by atoms with Crippen LogP contribution in [0.3, 0.4) is 0 Å². The van der Waals surface area contributed by atoms with Crippen molar-refractivity contribution >= 4 is 44.6 Å². The average molecular weight is 372 g/mol. The molecule has 0 spiro atoms. The van der Waals surface area contributed by atoms with Gasteiger partial charge in [-0.25, -0.2) is 8.42 Å². The van der Waals surface area contributed by atoms with E-state index in [0.29, 0.717) is 10.7 Å². The van der Waals surface area contributed by atoms with E-state index in [2.05, 4.69) is 5.32 Å². The number of anilines is 1. The molecule has 122 valence electrons. The van der Waals surface area contributed by atoms with E-state index in [1.54, 1.807) is 48.5 Å². The first-order chi connectivity index (χ1) is 10.9. The van der Waals surface area contributed by atoms with Crippen LogP contribution in [0.15, 0.2) is 53.4 Å². The Kier molecular flexibility index (Phi) is 6.04. The molecule has 0 fully saturated rings. The van der Waals surface area contributed by atoms with Crippen LogP contribution in [0, 0.1) is 0 Å². The van der Waals surface area contributed by atoms with Gasteiger partial charge in [-0.15, -0.1) is 0 Å². The van der Waals surface area contributed by atoms with Crippen molar-refractivity contribution in [3.8, 4) is 0 Å². The van der Waals surface area contributed by atoms with Crippen molar-refractivity contribution < 1.29 is 13.2 Å². The highest BCUT2D eigenvalue weighted by Crippen LogP contribution is 2.29. The monoisotopic (exact) mass is 371 g/mol. The molecule has 0 saturated heterocycles. The van der Waals surface area contributed by atoms with Crippen LogP contribution in [-0.2, 0) is 14.6 Å². The van der Waals surface area contributed by atoms with Crippen molar-refractivity contribution in [1.29, 1.82) is 0 Å². The lowest BCUT2D eigenvalue weighted by Crippen LogP contribution is -2.14. The minimum atomic E-state index is -3.37. The molecule has 1 N–H and O–H groups in total. The molecule has 0 unspecified atom stereocenters. The smallest absolute Gasteiger partial charge is 0.224 e. The zero-order valence-electron chi connectivity index (χ0n) is 12.1. The Balaban J connectivity index is 1.89. The second-order valence-corrected chi connectivity index (χ2v) is 7.78. The predicted molar refractivity (Wildman–Crippen MR) is 92.8 cm³/mol. The van der Waals surface area contributed by atoms with Crippen molar-refractivity contribution in [2.75, 3.05) is 11.1 Å². The Bertz CT molecular complexity index is 792. The average Bonchev–Trinajstić information content (AvgIpc) is 2.52. The highest BCUT2D eigenvalue weighted by atomic mass is 35.5. The molecule has 0 aliphatic carbocycles. The molecule has 0 atom stereocenters. The summed E-state index contributed by atoms with van der Waals surface area (Å²) in [6, 6.07) is 13.1. The van der Waals surface area contributed by atoms with E-state index in [9.17, 15) is 13.2 Å². The molecule has 2 aromatic rings. The van der Waals surface area contributed by atoms with E-state index >= 15 is 0 Å². The lowest BCUT2D eigenvalue weighted by Gasteiger charge is -2.08. The number of hydrogen-bond acceptors (Lipinski definition) is 3. The van der Waals surface area contributed by atoms with Crippen LogP contribution < -0.4 is 5.32 Å². The molecule has 0 heterocycles. The maximum absolute atomic E-state index is 12.1. The summed E-state index contributed by atoms with van der Waals surface area (Å²) in [6.45, 7) is 0. The lowest BCUT2D eigenvalue weighted by atomic mass is 10.3. The standard InChI is InChI=1S/C16H15Cl2NO3S/c17-13-8-4-9-14(16(13)18)19-15(20)10-5-11-23(21,22)12-6-2-1-3-7-12/h1-4,6-9H,5,10-11H2,(H,19,20). The maximum Gasteiger partial charge on any atom is 0.224 e. The molecule has 4 nitrogen and oxygen atoms in total. The molecule has 0 aliphatic rings. The molecule has 7 heteroatoms. The molecule has 2 aromatic carbocycles. The van der Waals surface area contributed by atoms with E-state index in [-0.39, 0.29) is 34.4 Å². The molecule has 0 aliphatic heterocycles. The molecule has 23 heavy (non-hydrogen) atoms. The van der Waals surface area contributed by atoms with Gasteiger partial charge in [0.05, 0.1) is 26.4 Å². The van der Waals surface area contributed by atoms with Gasteiger partial charge in [0.2, 0.25) is 5.91 Å². The molecule has 1 amide bonds. The normalized spacial score (nSPS) is 11.2. The summed E-state index contributed by atoms with van der Waals surface area (Å²) < 4.78 is 24.2. The van der Waals surface area contributed by atoms with Crippen LogP contribution in [-0.4, -0.2) is 20.1 Å². The summed E-state index contributed by atoms with van der Waals surface area (Å²) in [7, 11) is -3.37. The van der Waals surface area contributed by atoms with Crippen LogP contribution in [0.4, 0.5) is 5.69 Å². The van der Waals surface area contributed by atoms with Crippen molar-refractivity contribution in [1.82, 2.24) is 0 Å². The number of rotatable bonds is 6. The van der Waals surface area contributed by atoms with Crippen molar-refractivity contribution in [3.63, 3.8) is 0 Å².